The maximum atomic E-state index is 9.90. The van der Waals surface area contributed by atoms with Gasteiger partial charge in [-0.1, -0.05) is 217 Å². The Balaban J connectivity index is -0.000000647. The number of carbonyl (C=O) groups excluding carboxylic acids is 5. The number of furan rings is 4. The van der Waals surface area contributed by atoms with E-state index in [1.807, 2.05) is 340 Å². The lowest BCUT2D eigenvalue weighted by Crippen LogP contribution is -2.00. The van der Waals surface area contributed by atoms with Crippen molar-refractivity contribution in [2.45, 2.75) is 106 Å². The number of para-hydroxylation sites is 8. The van der Waals surface area contributed by atoms with Gasteiger partial charge in [-0.25, -0.2) is 0 Å². The second-order valence-electron chi connectivity index (χ2n) is 21.2. The van der Waals surface area contributed by atoms with Gasteiger partial charge in [0, 0.05) is 21.0 Å². The summed E-state index contributed by atoms with van der Waals surface area (Å²) in [6, 6.07) is 93.0. The monoisotopic (exact) mass is 1590 g/mol. The molecule has 0 bridgehead atoms. The van der Waals surface area contributed by atoms with E-state index in [0.29, 0.717) is 46.1 Å². The molecule has 0 radical (unpaired) electrons. The Bertz CT molecular complexity index is 3830. The minimum atomic E-state index is -0.333. The number of Topliss-reactive ketones (excluding diaryl/α,β-unsaturated/α-hetero) is 2. The molecule has 0 atom stereocenters. The molecule has 21 nitrogen and oxygen atoms in total. The summed E-state index contributed by atoms with van der Waals surface area (Å²) < 4.78 is 35.4. The normalized spacial score (nSPS) is 9.73. The third-order valence-electron chi connectivity index (χ3n) is 12.3. The Morgan fingerprint density at radius 3 is 0.504 bits per heavy atom. The molecule has 21 heteroatoms. The van der Waals surface area contributed by atoms with Gasteiger partial charge in [-0.15, -0.1) is 0 Å². The van der Waals surface area contributed by atoms with Crippen LogP contribution in [-0.4, -0.2) is 113 Å². The minimum absolute atomic E-state index is 0. The number of hydrogen-bond acceptors (Lipinski definition) is 21. The topological polar surface area (TPSA) is 285 Å². The van der Waals surface area contributed by atoms with E-state index in [1.165, 1.54) is 48.8 Å². The predicted molar refractivity (Wildman–Crippen MR) is 488 cm³/mol. The summed E-state index contributed by atoms with van der Waals surface area (Å²) in [6.45, 7) is 20.8. The predicted octanol–water partition coefficient (Wildman–Crippen LogP) is 25.1. The van der Waals surface area contributed by atoms with Gasteiger partial charge in [-0.3, -0.25) is 54.3 Å². The van der Waals surface area contributed by atoms with Gasteiger partial charge in [0.2, 0.25) is 0 Å². The third kappa shape index (κ3) is 56.9. The Labute approximate surface area is 693 Å². The van der Waals surface area contributed by atoms with E-state index in [0.717, 1.165) is 45.5 Å². The number of methoxy groups -OCH3 is 2. The van der Waals surface area contributed by atoms with Crippen LogP contribution in [0.5, 0.6) is 0 Å². The maximum absolute atomic E-state index is 9.90. The van der Waals surface area contributed by atoms with Crippen LogP contribution in [-0.2, 0) is 38.2 Å². The van der Waals surface area contributed by atoms with Crippen molar-refractivity contribution in [3.63, 3.8) is 0 Å². The number of aliphatic hydroxyl groups excluding tert-OH is 1. The molecule has 0 unspecified atom stereocenters. The van der Waals surface area contributed by atoms with Gasteiger partial charge in [0.1, 0.15) is 65.3 Å². The molecule has 117 heavy (non-hydrogen) atoms. The number of carbonyl (C=O) groups is 5. The van der Waals surface area contributed by atoms with Gasteiger partial charge >= 0.3 is 11.9 Å². The highest BCUT2D eigenvalue weighted by Crippen LogP contribution is 2.19. The van der Waals surface area contributed by atoms with Crippen LogP contribution < -0.4 is 0 Å². The second-order valence-corrected chi connectivity index (χ2v) is 21.2. The number of rotatable bonds is 19. The first kappa shape index (κ1) is 109. The summed E-state index contributed by atoms with van der Waals surface area (Å²) in [5.41, 5.74) is 7.17. The summed E-state index contributed by atoms with van der Waals surface area (Å²) in [5, 5.41) is 7.79. The van der Waals surface area contributed by atoms with Crippen molar-refractivity contribution >= 4 is 126 Å². The largest absolute Gasteiger partial charge is 0.469 e. The lowest BCUT2D eigenvalue weighted by atomic mass is 10.3. The lowest BCUT2D eigenvalue weighted by molar-refractivity contribution is -0.151. The summed E-state index contributed by atoms with van der Waals surface area (Å²) in [4.78, 5) is 81.3. The van der Waals surface area contributed by atoms with Gasteiger partial charge in [0.25, 0.3) is 0 Å². The zero-order valence-corrected chi connectivity index (χ0v) is 66.4. The van der Waals surface area contributed by atoms with Crippen LogP contribution in [0.15, 0.2) is 349 Å². The zero-order valence-electron chi connectivity index (χ0n) is 66.4. The first-order chi connectivity index (χ1) is 55.1. The summed E-state index contributed by atoms with van der Waals surface area (Å²) in [7, 11) is 2.81. The van der Waals surface area contributed by atoms with E-state index in [-0.39, 0.29) is 66.6 Å². The van der Waals surface area contributed by atoms with Crippen molar-refractivity contribution in [1.29, 1.82) is 0 Å². The Morgan fingerprint density at radius 2 is 0.419 bits per heavy atom. The average molecular weight is 1590 g/mol. The number of ketones is 2. The Hall–Kier alpha value is -13.9. The van der Waals surface area contributed by atoms with E-state index in [9.17, 15) is 19.2 Å². The van der Waals surface area contributed by atoms with E-state index in [4.69, 9.17) is 27.6 Å². The maximum Gasteiger partial charge on any atom is 0.304 e. The van der Waals surface area contributed by atoms with Gasteiger partial charge in [-0.2, -0.15) is 0 Å². The van der Waals surface area contributed by atoms with Crippen molar-refractivity contribution in [3.05, 3.63) is 337 Å². The number of aliphatic imine (C=N–C) groups is 8. The fourth-order valence-corrected chi connectivity index (χ4v) is 7.39. The molecule has 4 heterocycles. The molecule has 4 aromatic heterocycles. The number of benzene rings is 8. The number of nitrogens with zero attached hydrogens (tertiary/aromatic N) is 8. The molecule has 0 saturated carbocycles. The highest BCUT2D eigenvalue weighted by molar-refractivity contribution is 5.86. The minimum Gasteiger partial charge on any atom is -0.469 e. The molecule has 620 valence electrons. The van der Waals surface area contributed by atoms with Crippen molar-refractivity contribution < 1.29 is 61.0 Å². The molecule has 0 fully saturated rings. The zero-order chi connectivity index (χ0) is 83.2. The average Bonchev–Trinajstić information content (AvgIpc) is 1.78. The molecular weight excluding hydrogens is 1470 g/mol. The van der Waals surface area contributed by atoms with E-state index in [2.05, 4.69) is 54.1 Å². The van der Waals surface area contributed by atoms with Crippen LogP contribution >= 0.6 is 0 Å². The number of ether oxygens (including phenoxy) is 3. The number of aliphatic hydroxyl groups is 1. The van der Waals surface area contributed by atoms with Crippen LogP contribution in [0.4, 0.5) is 45.5 Å². The smallest absolute Gasteiger partial charge is 0.304 e. The van der Waals surface area contributed by atoms with Crippen molar-refractivity contribution in [2.24, 2.45) is 39.9 Å². The molecule has 0 aliphatic rings. The molecule has 0 spiro atoms. The third-order valence-corrected chi connectivity index (χ3v) is 12.3. The molecule has 0 amide bonds. The highest BCUT2D eigenvalue weighted by Gasteiger charge is 2.02. The molecular formula is C96H118N8O13. The fraction of sp³-hybridized carbons (Fsp3) is 0.198. The molecule has 12 aromatic rings. The summed E-state index contributed by atoms with van der Waals surface area (Å²) in [6.07, 6.45) is 13.6. The van der Waals surface area contributed by atoms with Crippen molar-refractivity contribution in [1.82, 2.24) is 0 Å². The first-order valence-electron chi connectivity index (χ1n) is 35.8. The summed E-state index contributed by atoms with van der Waals surface area (Å²) in [5.74, 6) is 5.03. The number of hydrogen-bond donors (Lipinski definition) is 1. The summed E-state index contributed by atoms with van der Waals surface area (Å²) >= 11 is 0. The Kier molecular flexibility index (Phi) is 68.8. The molecule has 8 aromatic carbocycles. The van der Waals surface area contributed by atoms with Crippen LogP contribution in [0.1, 0.15) is 152 Å². The van der Waals surface area contributed by atoms with Gasteiger partial charge in [0.15, 0.2) is 12.6 Å². The quantitative estimate of drug-likeness (QED) is 0.0448. The lowest BCUT2D eigenvalue weighted by Gasteiger charge is -1.95. The fourth-order valence-electron chi connectivity index (χ4n) is 7.39. The number of esters is 2. The van der Waals surface area contributed by atoms with Crippen LogP contribution in [0.25, 0.3) is 0 Å². The van der Waals surface area contributed by atoms with Crippen molar-refractivity contribution in [2.75, 3.05) is 27.6 Å². The van der Waals surface area contributed by atoms with Crippen LogP contribution in [0, 0.1) is 0 Å². The van der Waals surface area contributed by atoms with Crippen LogP contribution in [0.3, 0.4) is 0 Å². The SMILES string of the molecule is C.C.C.C.C(=Nc1ccccc1)c1ccc(C=Nc2ccccc2)o1.C(=Nc1ccccc1)c1ccc(C=Nc2ccccc2)o1.C(=Nc1ccccc1)c1ccc(C=Nc2ccccc2)o1.C(=Nc1ccccc1)c1ccc(C=Nc2ccccc2)o1.C=O.CC.CC.CC.CC(=O)CO.CC(C)=O.COC(C)=O.COCOC(C)=O. The van der Waals surface area contributed by atoms with Gasteiger partial charge < -0.3 is 46.6 Å². The molecule has 0 saturated heterocycles. The van der Waals surface area contributed by atoms with E-state index < -0.39 is 0 Å². The molecule has 12 rings (SSSR count). The molecule has 1 N–H and O–H groups in total. The highest BCUT2D eigenvalue weighted by atomic mass is 16.7. The molecule has 0 aliphatic heterocycles. The molecule has 0 aliphatic carbocycles. The van der Waals surface area contributed by atoms with E-state index >= 15 is 0 Å². The van der Waals surface area contributed by atoms with E-state index in [1.54, 1.807) is 49.7 Å². The van der Waals surface area contributed by atoms with Gasteiger partial charge in [-0.05, 0) is 166 Å². The second kappa shape index (κ2) is 73.6. The first-order valence-corrected chi connectivity index (χ1v) is 35.8. The van der Waals surface area contributed by atoms with Gasteiger partial charge in [0.05, 0.1) is 102 Å². The van der Waals surface area contributed by atoms with Crippen LogP contribution in [0.2, 0.25) is 0 Å². The standard InChI is InChI=1S/4C18H14N2O.C4H8O3.2C3H6O2.C3H6O.3C2H6.CH2O.4CH4/c4*1-3-7-15(8-4-1)19-13-17-11-12-18(21-17)14-20-16-9-5-2-6-10-16;1-4(5)7-3-6-2;1-3(4)5-2;1-3(5)2-4;1-3(2)4;4*1-2;;;;/h4*1-14H;3H2,1-2H3;1-2H3;4H,2H2,1H3;1-2H3;3*1-2H3;1H2;4*1H4. The van der Waals surface area contributed by atoms with Crippen molar-refractivity contribution in [3.8, 4) is 0 Å². The Morgan fingerprint density at radius 1 is 0.291 bits per heavy atom.